The molecule has 2 N–H and O–H groups in total. The molecule has 0 amide bonds. The Morgan fingerprint density at radius 1 is 1.62 bits per heavy atom. The molecule has 1 heterocycles. The molecule has 3 nitrogen and oxygen atoms in total. The Balaban J connectivity index is 3.28. The average molecular weight is 207 g/mol. The van der Waals surface area contributed by atoms with Gasteiger partial charge < -0.3 is 5.73 Å². The number of aldehydes is 1. The van der Waals surface area contributed by atoms with Crippen LogP contribution >= 0.6 is 11.6 Å². The van der Waals surface area contributed by atoms with E-state index in [2.05, 4.69) is 4.98 Å². The van der Waals surface area contributed by atoms with E-state index in [9.17, 15) is 13.6 Å². The number of carbonyl (C=O) groups is 1. The summed E-state index contributed by atoms with van der Waals surface area (Å²) in [6.45, 7) is 0. The Morgan fingerprint density at radius 2 is 2.23 bits per heavy atom. The highest BCUT2D eigenvalue weighted by atomic mass is 35.5. The van der Waals surface area contributed by atoms with Gasteiger partial charge in [0.15, 0.2) is 6.29 Å². The molecule has 0 aliphatic heterocycles. The van der Waals surface area contributed by atoms with Crippen LogP contribution in [0.4, 0.5) is 14.5 Å². The number of alkyl halides is 2. The molecule has 0 bridgehead atoms. The normalized spacial score (nSPS) is 10.5. The average Bonchev–Trinajstić information content (AvgIpc) is 2.03. The first-order valence-electron chi connectivity index (χ1n) is 3.25. The molecule has 70 valence electrons. The van der Waals surface area contributed by atoms with E-state index in [1.165, 1.54) is 0 Å². The van der Waals surface area contributed by atoms with E-state index in [4.69, 9.17) is 17.3 Å². The molecule has 0 spiro atoms. The highest BCUT2D eigenvalue weighted by Crippen LogP contribution is 2.24. The third kappa shape index (κ3) is 1.92. The number of nitrogens with two attached hydrogens (primary N) is 1. The number of rotatable bonds is 2. The summed E-state index contributed by atoms with van der Waals surface area (Å²) in [6, 6.07) is 0.931. The summed E-state index contributed by atoms with van der Waals surface area (Å²) in [6.07, 6.45) is -2.37. The molecule has 1 rings (SSSR count). The van der Waals surface area contributed by atoms with Crippen molar-refractivity contribution in [2.75, 3.05) is 5.73 Å². The van der Waals surface area contributed by atoms with Crippen molar-refractivity contribution in [2.45, 2.75) is 6.43 Å². The zero-order valence-electron chi connectivity index (χ0n) is 6.30. The van der Waals surface area contributed by atoms with Gasteiger partial charge in [0, 0.05) is 5.69 Å². The van der Waals surface area contributed by atoms with Gasteiger partial charge in [-0.25, -0.2) is 13.8 Å². The van der Waals surface area contributed by atoms with Crippen molar-refractivity contribution in [3.05, 3.63) is 22.5 Å². The SMILES string of the molecule is Nc1cc(C(F)F)nc(Cl)c1C=O. The number of halogens is 3. The molecule has 6 heteroatoms. The summed E-state index contributed by atoms with van der Waals surface area (Å²) < 4.78 is 24.2. The van der Waals surface area contributed by atoms with Gasteiger partial charge in [0.1, 0.15) is 10.8 Å². The molecule has 0 atom stereocenters. The number of nitrogens with zero attached hydrogens (tertiary/aromatic N) is 1. The van der Waals surface area contributed by atoms with Crippen molar-refractivity contribution in [1.29, 1.82) is 0 Å². The number of hydrogen-bond donors (Lipinski definition) is 1. The molecule has 1 aromatic rings. The van der Waals surface area contributed by atoms with E-state index in [0.717, 1.165) is 6.07 Å². The van der Waals surface area contributed by atoms with E-state index in [1.807, 2.05) is 0 Å². The lowest BCUT2D eigenvalue weighted by atomic mass is 10.2. The van der Waals surface area contributed by atoms with Gasteiger partial charge in [0.2, 0.25) is 0 Å². The number of anilines is 1. The van der Waals surface area contributed by atoms with Gasteiger partial charge in [-0.05, 0) is 6.07 Å². The van der Waals surface area contributed by atoms with Crippen molar-refractivity contribution >= 4 is 23.6 Å². The van der Waals surface area contributed by atoms with Gasteiger partial charge in [-0.3, -0.25) is 4.79 Å². The summed E-state index contributed by atoms with van der Waals surface area (Å²) in [5.74, 6) is 0. The van der Waals surface area contributed by atoms with Crippen molar-refractivity contribution in [1.82, 2.24) is 4.98 Å². The van der Waals surface area contributed by atoms with Crippen LogP contribution in [0.2, 0.25) is 5.15 Å². The Bertz CT molecular complexity index is 320. The van der Waals surface area contributed by atoms with Crippen LogP contribution in [0, 0.1) is 0 Å². The highest BCUT2D eigenvalue weighted by Gasteiger charge is 2.14. The molecular weight excluding hydrogens is 202 g/mol. The molecule has 0 aliphatic rings. The van der Waals surface area contributed by atoms with Crippen molar-refractivity contribution < 1.29 is 13.6 Å². The molecular formula is C7H5ClF2N2O. The predicted octanol–water partition coefficient (Wildman–Crippen LogP) is 2.07. The third-order valence-corrected chi connectivity index (χ3v) is 1.69. The van der Waals surface area contributed by atoms with E-state index < -0.39 is 12.1 Å². The van der Waals surface area contributed by atoms with Crippen molar-refractivity contribution in [3.8, 4) is 0 Å². The Morgan fingerprint density at radius 3 is 2.62 bits per heavy atom. The summed E-state index contributed by atoms with van der Waals surface area (Å²) in [5.41, 5.74) is 4.59. The molecule has 0 fully saturated rings. The fourth-order valence-corrected chi connectivity index (χ4v) is 1.04. The van der Waals surface area contributed by atoms with Gasteiger partial charge in [0.05, 0.1) is 5.56 Å². The Hall–Kier alpha value is -1.23. The predicted molar refractivity (Wildman–Crippen MR) is 44.0 cm³/mol. The second-order valence-electron chi connectivity index (χ2n) is 2.26. The first kappa shape index (κ1) is 9.85. The highest BCUT2D eigenvalue weighted by molar-refractivity contribution is 6.32. The second-order valence-corrected chi connectivity index (χ2v) is 2.62. The zero-order chi connectivity index (χ0) is 10.0. The topological polar surface area (TPSA) is 56.0 Å². The lowest BCUT2D eigenvalue weighted by molar-refractivity contribution is 0.112. The largest absolute Gasteiger partial charge is 0.398 e. The molecule has 0 saturated heterocycles. The van der Waals surface area contributed by atoms with E-state index in [0.29, 0.717) is 6.29 Å². The first-order valence-corrected chi connectivity index (χ1v) is 3.63. The summed E-state index contributed by atoms with van der Waals surface area (Å²) >= 11 is 5.42. The van der Waals surface area contributed by atoms with Gasteiger partial charge in [-0.2, -0.15) is 0 Å². The maximum atomic E-state index is 12.1. The fraction of sp³-hybridized carbons (Fsp3) is 0.143. The van der Waals surface area contributed by atoms with Crippen LogP contribution in [-0.2, 0) is 0 Å². The molecule has 13 heavy (non-hydrogen) atoms. The number of nitrogen functional groups attached to an aromatic ring is 1. The van der Waals surface area contributed by atoms with Crippen LogP contribution in [-0.4, -0.2) is 11.3 Å². The maximum Gasteiger partial charge on any atom is 0.280 e. The molecule has 0 radical (unpaired) electrons. The fourth-order valence-electron chi connectivity index (χ4n) is 0.790. The van der Waals surface area contributed by atoms with Crippen LogP contribution in [0.1, 0.15) is 22.5 Å². The van der Waals surface area contributed by atoms with Gasteiger partial charge in [0.25, 0.3) is 6.43 Å². The van der Waals surface area contributed by atoms with Crippen LogP contribution in [0.5, 0.6) is 0 Å². The lowest BCUT2D eigenvalue weighted by Gasteiger charge is -2.04. The minimum Gasteiger partial charge on any atom is -0.398 e. The van der Waals surface area contributed by atoms with Crippen molar-refractivity contribution in [3.63, 3.8) is 0 Å². The lowest BCUT2D eigenvalue weighted by Crippen LogP contribution is -2.00. The number of hydrogen-bond acceptors (Lipinski definition) is 3. The van der Waals surface area contributed by atoms with Crippen molar-refractivity contribution in [2.24, 2.45) is 0 Å². The smallest absolute Gasteiger partial charge is 0.280 e. The van der Waals surface area contributed by atoms with E-state index in [-0.39, 0.29) is 16.4 Å². The van der Waals surface area contributed by atoms with E-state index >= 15 is 0 Å². The van der Waals surface area contributed by atoms with Crippen LogP contribution in [0.25, 0.3) is 0 Å². The zero-order valence-corrected chi connectivity index (χ0v) is 7.05. The first-order chi connectivity index (χ1) is 6.06. The minimum absolute atomic E-state index is 0.0638. The third-order valence-electron chi connectivity index (χ3n) is 1.41. The minimum atomic E-state index is -2.75. The molecule has 1 aromatic heterocycles. The Labute approximate surface area is 77.5 Å². The molecule has 0 aliphatic carbocycles. The number of aromatic nitrogens is 1. The second kappa shape index (κ2) is 3.66. The number of carbonyl (C=O) groups excluding carboxylic acids is 1. The number of pyridine rings is 1. The van der Waals surface area contributed by atoms with Gasteiger partial charge >= 0.3 is 0 Å². The monoisotopic (exact) mass is 206 g/mol. The molecule has 0 aromatic carbocycles. The summed E-state index contributed by atoms with van der Waals surface area (Å²) in [5, 5.41) is -0.301. The van der Waals surface area contributed by atoms with E-state index in [1.54, 1.807) is 0 Å². The van der Waals surface area contributed by atoms with Gasteiger partial charge in [-0.15, -0.1) is 0 Å². The standard InChI is InChI=1S/C7H5ClF2N2O/c8-6-3(2-13)4(11)1-5(12-6)7(9)10/h1-2,7H,(H2,11,12). The summed E-state index contributed by atoms with van der Waals surface area (Å²) in [7, 11) is 0. The van der Waals surface area contributed by atoms with Gasteiger partial charge in [-0.1, -0.05) is 11.6 Å². The quantitative estimate of drug-likeness (QED) is 0.595. The van der Waals surface area contributed by atoms with Crippen LogP contribution < -0.4 is 5.73 Å². The molecule has 0 saturated carbocycles. The molecule has 0 unspecified atom stereocenters. The maximum absolute atomic E-state index is 12.1. The van der Waals surface area contributed by atoms with Crippen LogP contribution in [0.3, 0.4) is 0 Å². The van der Waals surface area contributed by atoms with Crippen LogP contribution in [0.15, 0.2) is 6.07 Å². The summed E-state index contributed by atoms with van der Waals surface area (Å²) in [4.78, 5) is 13.6. The Kier molecular flexibility index (Phi) is 2.77.